The Bertz CT molecular complexity index is 127. The molecule has 4 nitrogen and oxygen atoms in total. The predicted octanol–water partition coefficient (Wildman–Crippen LogP) is 2.12. The summed E-state index contributed by atoms with van der Waals surface area (Å²) in [5.74, 6) is -0.833. The molecular weight excluding hydrogens is 204 g/mol. The Labute approximate surface area is 99.4 Å². The molecule has 0 aromatic heterocycles. The van der Waals surface area contributed by atoms with Gasteiger partial charge in [0.15, 0.2) is 0 Å². The van der Waals surface area contributed by atoms with Crippen LogP contribution in [0, 0.1) is 0 Å². The molecular formula is C12H28N2O2. The number of carbonyl (C=O) groups is 1. The molecule has 0 radical (unpaired) electrons. The van der Waals surface area contributed by atoms with E-state index in [1.807, 2.05) is 0 Å². The van der Waals surface area contributed by atoms with E-state index in [4.69, 9.17) is 21.4 Å². The maximum atomic E-state index is 9.00. The fourth-order valence-corrected chi connectivity index (χ4v) is 1.35. The summed E-state index contributed by atoms with van der Waals surface area (Å²) < 4.78 is 0. The first-order valence-corrected chi connectivity index (χ1v) is 6.24. The lowest BCUT2D eigenvalue weighted by atomic mass is 10.1. The lowest BCUT2D eigenvalue weighted by Crippen LogP contribution is -1.98. The molecule has 0 unspecified atom stereocenters. The fraction of sp³-hybridized carbons (Fsp3) is 0.917. The van der Waals surface area contributed by atoms with Crippen molar-refractivity contribution in [2.75, 3.05) is 13.1 Å². The summed E-state index contributed by atoms with van der Waals surface area (Å²) in [5.41, 5.74) is 10.8. The van der Waals surface area contributed by atoms with Gasteiger partial charge in [-0.05, 0) is 25.9 Å². The van der Waals surface area contributed by atoms with Gasteiger partial charge in [0.05, 0.1) is 0 Å². The molecule has 0 bridgehead atoms. The zero-order valence-electron chi connectivity index (χ0n) is 10.6. The van der Waals surface area contributed by atoms with Gasteiger partial charge in [0.1, 0.15) is 0 Å². The van der Waals surface area contributed by atoms with Crippen LogP contribution in [0.1, 0.15) is 58.3 Å². The van der Waals surface area contributed by atoms with Crippen molar-refractivity contribution >= 4 is 5.97 Å². The van der Waals surface area contributed by atoms with Crippen molar-refractivity contribution in [1.82, 2.24) is 0 Å². The number of hydrogen-bond acceptors (Lipinski definition) is 3. The number of aliphatic carboxylic acids is 1. The lowest BCUT2D eigenvalue weighted by molar-refractivity contribution is -0.134. The maximum Gasteiger partial charge on any atom is 0.300 e. The van der Waals surface area contributed by atoms with Crippen molar-refractivity contribution in [2.24, 2.45) is 11.5 Å². The maximum absolute atomic E-state index is 9.00. The highest BCUT2D eigenvalue weighted by molar-refractivity contribution is 5.62. The third-order valence-electron chi connectivity index (χ3n) is 2.16. The number of rotatable bonds is 9. The highest BCUT2D eigenvalue weighted by atomic mass is 16.4. The SMILES string of the molecule is CC(=O)O.NCCCCCCCCCCN. The van der Waals surface area contributed by atoms with Gasteiger partial charge in [0.25, 0.3) is 5.97 Å². The van der Waals surface area contributed by atoms with Crippen LogP contribution in [0.5, 0.6) is 0 Å². The Morgan fingerprint density at radius 3 is 1.19 bits per heavy atom. The standard InChI is InChI=1S/C10H24N2.C2H4O2/c11-9-7-5-3-1-2-4-6-8-10-12;1-2(3)4/h1-12H2;1H3,(H,3,4). The van der Waals surface area contributed by atoms with Crippen molar-refractivity contribution in [2.45, 2.75) is 58.3 Å². The molecule has 0 spiro atoms. The van der Waals surface area contributed by atoms with E-state index >= 15 is 0 Å². The molecule has 0 aliphatic heterocycles. The Kier molecular flexibility index (Phi) is 18.7. The Balaban J connectivity index is 0. The topological polar surface area (TPSA) is 89.3 Å². The summed E-state index contributed by atoms with van der Waals surface area (Å²) in [4.78, 5) is 9.00. The van der Waals surface area contributed by atoms with Crippen LogP contribution in [-0.2, 0) is 4.79 Å². The normalized spacial score (nSPS) is 9.44. The van der Waals surface area contributed by atoms with Crippen molar-refractivity contribution in [3.05, 3.63) is 0 Å². The number of nitrogens with two attached hydrogens (primary N) is 2. The van der Waals surface area contributed by atoms with Crippen LogP contribution in [0.25, 0.3) is 0 Å². The van der Waals surface area contributed by atoms with E-state index in [0.717, 1.165) is 20.0 Å². The smallest absolute Gasteiger partial charge is 0.300 e. The quantitative estimate of drug-likeness (QED) is 0.531. The van der Waals surface area contributed by atoms with E-state index in [2.05, 4.69) is 0 Å². The minimum Gasteiger partial charge on any atom is -0.481 e. The molecule has 16 heavy (non-hydrogen) atoms. The first-order valence-electron chi connectivity index (χ1n) is 6.24. The van der Waals surface area contributed by atoms with Crippen LogP contribution in [0.2, 0.25) is 0 Å². The van der Waals surface area contributed by atoms with E-state index in [-0.39, 0.29) is 0 Å². The van der Waals surface area contributed by atoms with Crippen LogP contribution >= 0.6 is 0 Å². The summed E-state index contributed by atoms with van der Waals surface area (Å²) >= 11 is 0. The van der Waals surface area contributed by atoms with Gasteiger partial charge < -0.3 is 16.6 Å². The van der Waals surface area contributed by atoms with E-state index in [9.17, 15) is 0 Å². The predicted molar refractivity (Wildman–Crippen MR) is 68.4 cm³/mol. The van der Waals surface area contributed by atoms with Crippen molar-refractivity contribution in [1.29, 1.82) is 0 Å². The van der Waals surface area contributed by atoms with Crippen molar-refractivity contribution < 1.29 is 9.90 Å². The van der Waals surface area contributed by atoms with E-state index < -0.39 is 5.97 Å². The molecule has 98 valence electrons. The van der Waals surface area contributed by atoms with Gasteiger partial charge in [-0.1, -0.05) is 38.5 Å². The number of unbranched alkanes of at least 4 members (excludes halogenated alkanes) is 7. The molecule has 0 heterocycles. The molecule has 0 aliphatic rings. The first kappa shape index (κ1) is 17.8. The molecule has 0 aromatic carbocycles. The molecule has 0 amide bonds. The minimum atomic E-state index is -0.833. The number of carboxylic acid groups (broad SMARTS) is 1. The second kappa shape index (κ2) is 16.8. The zero-order chi connectivity index (χ0) is 12.6. The third kappa shape index (κ3) is 29.2. The summed E-state index contributed by atoms with van der Waals surface area (Å²) in [5, 5.41) is 7.42. The minimum absolute atomic E-state index is 0.833. The van der Waals surface area contributed by atoms with Gasteiger partial charge in [-0.3, -0.25) is 4.79 Å². The lowest BCUT2D eigenvalue weighted by Gasteiger charge is -2.00. The molecule has 0 atom stereocenters. The van der Waals surface area contributed by atoms with Gasteiger partial charge in [-0.25, -0.2) is 0 Å². The van der Waals surface area contributed by atoms with Crippen molar-refractivity contribution in [3.63, 3.8) is 0 Å². The van der Waals surface area contributed by atoms with Gasteiger partial charge >= 0.3 is 0 Å². The molecule has 0 fully saturated rings. The summed E-state index contributed by atoms with van der Waals surface area (Å²) in [6.45, 7) is 2.79. The molecule has 0 rings (SSSR count). The van der Waals surface area contributed by atoms with Crippen molar-refractivity contribution in [3.8, 4) is 0 Å². The van der Waals surface area contributed by atoms with Crippen LogP contribution in [0.15, 0.2) is 0 Å². The highest BCUT2D eigenvalue weighted by Crippen LogP contribution is 2.07. The molecule has 0 aromatic rings. The highest BCUT2D eigenvalue weighted by Gasteiger charge is 1.90. The molecule has 0 saturated heterocycles. The average Bonchev–Trinajstić information content (AvgIpc) is 2.21. The number of carboxylic acids is 1. The van der Waals surface area contributed by atoms with Crippen LogP contribution < -0.4 is 11.5 Å². The Hall–Kier alpha value is -0.610. The average molecular weight is 232 g/mol. The Morgan fingerprint density at radius 2 is 1.00 bits per heavy atom. The number of hydrogen-bond donors (Lipinski definition) is 3. The second-order valence-electron chi connectivity index (χ2n) is 3.92. The summed E-state index contributed by atoms with van der Waals surface area (Å²) in [7, 11) is 0. The molecule has 4 heteroatoms. The van der Waals surface area contributed by atoms with E-state index in [1.165, 1.54) is 51.4 Å². The molecule has 5 N–H and O–H groups in total. The first-order chi connectivity index (χ1) is 7.65. The van der Waals surface area contributed by atoms with Crippen LogP contribution in [0.4, 0.5) is 0 Å². The van der Waals surface area contributed by atoms with Gasteiger partial charge in [-0.15, -0.1) is 0 Å². The monoisotopic (exact) mass is 232 g/mol. The largest absolute Gasteiger partial charge is 0.481 e. The summed E-state index contributed by atoms with van der Waals surface area (Å²) in [6, 6.07) is 0. The third-order valence-corrected chi connectivity index (χ3v) is 2.16. The van der Waals surface area contributed by atoms with Gasteiger partial charge in [0, 0.05) is 6.92 Å². The Morgan fingerprint density at radius 1 is 0.812 bits per heavy atom. The zero-order valence-corrected chi connectivity index (χ0v) is 10.6. The summed E-state index contributed by atoms with van der Waals surface area (Å²) in [6.07, 6.45) is 10.5. The second-order valence-corrected chi connectivity index (χ2v) is 3.92. The molecule has 0 saturated carbocycles. The van der Waals surface area contributed by atoms with E-state index in [0.29, 0.717) is 0 Å². The van der Waals surface area contributed by atoms with Gasteiger partial charge in [0.2, 0.25) is 0 Å². The fourth-order valence-electron chi connectivity index (χ4n) is 1.35. The van der Waals surface area contributed by atoms with Crippen LogP contribution in [-0.4, -0.2) is 24.2 Å². The molecule has 0 aliphatic carbocycles. The van der Waals surface area contributed by atoms with Crippen LogP contribution in [0.3, 0.4) is 0 Å². The van der Waals surface area contributed by atoms with Gasteiger partial charge in [-0.2, -0.15) is 0 Å². The van der Waals surface area contributed by atoms with E-state index in [1.54, 1.807) is 0 Å².